The van der Waals surface area contributed by atoms with Gasteiger partial charge in [-0.2, -0.15) is 0 Å². The van der Waals surface area contributed by atoms with E-state index < -0.39 is 6.10 Å². The van der Waals surface area contributed by atoms with Crippen LogP contribution in [0.5, 0.6) is 5.75 Å². The quantitative estimate of drug-likeness (QED) is 0.822. The maximum absolute atomic E-state index is 10.2. The van der Waals surface area contributed by atoms with Crippen molar-refractivity contribution in [2.45, 2.75) is 18.9 Å². The van der Waals surface area contributed by atoms with Crippen molar-refractivity contribution in [3.05, 3.63) is 65.7 Å². The van der Waals surface area contributed by atoms with Crippen molar-refractivity contribution in [2.24, 2.45) is 0 Å². The molecule has 0 bridgehead atoms. The molecule has 3 heteroatoms. The summed E-state index contributed by atoms with van der Waals surface area (Å²) in [5.41, 5.74) is 2.10. The lowest BCUT2D eigenvalue weighted by Gasteiger charge is -2.20. The van der Waals surface area contributed by atoms with Gasteiger partial charge in [0.1, 0.15) is 5.75 Å². The molecule has 0 radical (unpaired) electrons. The van der Waals surface area contributed by atoms with Crippen LogP contribution in [0.1, 0.15) is 23.7 Å². The Morgan fingerprint density at radius 2 is 1.81 bits per heavy atom. The first-order valence-corrected chi connectivity index (χ1v) is 7.34. The molecular formula is C18H23NO2. The second-order valence-electron chi connectivity index (χ2n) is 5.46. The smallest absolute Gasteiger partial charge is 0.115 e. The number of hydrogen-bond acceptors (Lipinski definition) is 3. The molecule has 0 spiro atoms. The Labute approximate surface area is 126 Å². The number of hydrogen-bond donors (Lipinski definition) is 2. The largest absolute Gasteiger partial charge is 0.508 e. The van der Waals surface area contributed by atoms with Crippen molar-refractivity contribution < 1.29 is 10.2 Å². The fourth-order valence-corrected chi connectivity index (χ4v) is 2.43. The first-order valence-electron chi connectivity index (χ1n) is 7.34. The number of benzene rings is 2. The van der Waals surface area contributed by atoms with Gasteiger partial charge < -0.3 is 15.1 Å². The summed E-state index contributed by atoms with van der Waals surface area (Å²) in [7, 11) is 2.02. The molecule has 0 saturated heterocycles. The van der Waals surface area contributed by atoms with Crippen LogP contribution < -0.4 is 0 Å². The van der Waals surface area contributed by atoms with Crippen LogP contribution in [0.3, 0.4) is 0 Å². The Morgan fingerprint density at radius 1 is 1.05 bits per heavy atom. The van der Waals surface area contributed by atoms with Crippen LogP contribution in [0.15, 0.2) is 54.6 Å². The monoisotopic (exact) mass is 285 g/mol. The van der Waals surface area contributed by atoms with Gasteiger partial charge in [-0.1, -0.05) is 42.5 Å². The van der Waals surface area contributed by atoms with E-state index in [1.807, 2.05) is 49.5 Å². The summed E-state index contributed by atoms with van der Waals surface area (Å²) in [6, 6.07) is 17.1. The Hall–Kier alpha value is -1.84. The molecule has 21 heavy (non-hydrogen) atoms. The highest BCUT2D eigenvalue weighted by Crippen LogP contribution is 2.15. The van der Waals surface area contributed by atoms with E-state index in [-0.39, 0.29) is 0 Å². The number of aromatic hydroxyl groups is 1. The SMILES string of the molecule is CN(CCCc1cccc(O)c1)C[C@H](O)c1ccccc1. The van der Waals surface area contributed by atoms with Gasteiger partial charge in [0.05, 0.1) is 6.10 Å². The van der Waals surface area contributed by atoms with Crippen molar-refractivity contribution in [1.82, 2.24) is 4.90 Å². The predicted octanol–water partition coefficient (Wildman–Crippen LogP) is 2.99. The Kier molecular flexibility index (Phi) is 5.78. The van der Waals surface area contributed by atoms with E-state index in [4.69, 9.17) is 0 Å². The number of nitrogens with zero attached hydrogens (tertiary/aromatic N) is 1. The van der Waals surface area contributed by atoms with Gasteiger partial charge in [0.15, 0.2) is 0 Å². The minimum absolute atomic E-state index is 0.320. The minimum atomic E-state index is -0.447. The molecule has 2 aromatic carbocycles. The molecule has 1 atom stereocenters. The summed E-state index contributed by atoms with van der Waals surface area (Å²) in [4.78, 5) is 2.14. The second kappa shape index (κ2) is 7.81. The van der Waals surface area contributed by atoms with Gasteiger partial charge in [-0.05, 0) is 49.7 Å². The third-order valence-corrected chi connectivity index (χ3v) is 3.58. The van der Waals surface area contributed by atoms with E-state index in [1.165, 1.54) is 0 Å². The number of likely N-dealkylation sites (N-methyl/N-ethyl adjacent to an activating group) is 1. The number of phenols is 1. The molecule has 112 valence electrons. The third kappa shape index (κ3) is 5.21. The molecule has 3 nitrogen and oxygen atoms in total. The molecule has 0 aliphatic heterocycles. The van der Waals surface area contributed by atoms with Crippen LogP contribution in [0.4, 0.5) is 0 Å². The number of phenolic OH excluding ortho intramolecular Hbond substituents is 1. The van der Waals surface area contributed by atoms with E-state index >= 15 is 0 Å². The average molecular weight is 285 g/mol. The predicted molar refractivity (Wildman–Crippen MR) is 85.3 cm³/mol. The first kappa shape index (κ1) is 15.5. The molecule has 0 aliphatic carbocycles. The average Bonchev–Trinajstić information content (AvgIpc) is 2.48. The Bertz CT molecular complexity index is 542. The lowest BCUT2D eigenvalue weighted by atomic mass is 10.1. The van der Waals surface area contributed by atoms with E-state index in [2.05, 4.69) is 4.90 Å². The molecular weight excluding hydrogens is 262 g/mol. The zero-order valence-electron chi connectivity index (χ0n) is 12.4. The summed E-state index contributed by atoms with van der Waals surface area (Å²) >= 11 is 0. The molecule has 0 aromatic heterocycles. The van der Waals surface area contributed by atoms with Gasteiger partial charge in [0.25, 0.3) is 0 Å². The van der Waals surface area contributed by atoms with Crippen LogP contribution in [0.2, 0.25) is 0 Å². The summed E-state index contributed by atoms with van der Waals surface area (Å²) in [5, 5.41) is 19.6. The number of aryl methyl sites for hydroxylation is 1. The van der Waals surface area contributed by atoms with Crippen molar-refractivity contribution >= 4 is 0 Å². The summed E-state index contributed by atoms with van der Waals surface area (Å²) in [5.74, 6) is 0.320. The second-order valence-corrected chi connectivity index (χ2v) is 5.46. The molecule has 2 aromatic rings. The van der Waals surface area contributed by atoms with Crippen molar-refractivity contribution in [3.8, 4) is 5.75 Å². The van der Waals surface area contributed by atoms with Crippen LogP contribution in [0.25, 0.3) is 0 Å². The summed E-state index contributed by atoms with van der Waals surface area (Å²) in [6.45, 7) is 1.55. The summed E-state index contributed by atoms with van der Waals surface area (Å²) < 4.78 is 0. The fraction of sp³-hybridized carbons (Fsp3) is 0.333. The molecule has 0 saturated carbocycles. The van der Waals surface area contributed by atoms with Crippen molar-refractivity contribution in [3.63, 3.8) is 0 Å². The van der Waals surface area contributed by atoms with Gasteiger partial charge in [0.2, 0.25) is 0 Å². The highest BCUT2D eigenvalue weighted by molar-refractivity contribution is 5.27. The standard InChI is InChI=1S/C18H23NO2/c1-19(14-18(21)16-9-3-2-4-10-16)12-6-8-15-7-5-11-17(20)13-15/h2-5,7,9-11,13,18,20-21H,6,8,12,14H2,1H3/t18-/m0/s1. The van der Waals surface area contributed by atoms with Gasteiger partial charge >= 0.3 is 0 Å². The van der Waals surface area contributed by atoms with E-state index in [0.717, 1.165) is 30.5 Å². The van der Waals surface area contributed by atoms with E-state index in [9.17, 15) is 10.2 Å². The molecule has 2 rings (SSSR count). The van der Waals surface area contributed by atoms with E-state index in [1.54, 1.807) is 12.1 Å². The van der Waals surface area contributed by atoms with Crippen LogP contribution >= 0.6 is 0 Å². The first-order chi connectivity index (χ1) is 10.1. The molecule has 2 N–H and O–H groups in total. The maximum Gasteiger partial charge on any atom is 0.115 e. The number of aliphatic hydroxyl groups excluding tert-OH is 1. The number of aliphatic hydroxyl groups is 1. The third-order valence-electron chi connectivity index (χ3n) is 3.58. The fourth-order valence-electron chi connectivity index (χ4n) is 2.43. The van der Waals surface area contributed by atoms with E-state index in [0.29, 0.717) is 12.3 Å². The van der Waals surface area contributed by atoms with Crippen molar-refractivity contribution in [1.29, 1.82) is 0 Å². The molecule has 0 aliphatic rings. The molecule has 0 amide bonds. The Balaban J connectivity index is 1.73. The Morgan fingerprint density at radius 3 is 2.52 bits per heavy atom. The summed E-state index contributed by atoms with van der Waals surface area (Å²) in [6.07, 6.45) is 1.48. The topological polar surface area (TPSA) is 43.7 Å². The van der Waals surface area contributed by atoms with Crippen molar-refractivity contribution in [2.75, 3.05) is 20.1 Å². The molecule has 0 unspecified atom stereocenters. The lowest BCUT2D eigenvalue weighted by Crippen LogP contribution is -2.26. The zero-order chi connectivity index (χ0) is 15.1. The van der Waals surface area contributed by atoms with Crippen LogP contribution in [-0.4, -0.2) is 35.3 Å². The highest BCUT2D eigenvalue weighted by atomic mass is 16.3. The maximum atomic E-state index is 10.2. The van der Waals surface area contributed by atoms with Gasteiger partial charge in [-0.3, -0.25) is 0 Å². The van der Waals surface area contributed by atoms with Gasteiger partial charge in [-0.15, -0.1) is 0 Å². The minimum Gasteiger partial charge on any atom is -0.508 e. The molecule has 0 heterocycles. The van der Waals surface area contributed by atoms with Gasteiger partial charge in [-0.25, -0.2) is 0 Å². The van der Waals surface area contributed by atoms with Crippen LogP contribution in [-0.2, 0) is 6.42 Å². The van der Waals surface area contributed by atoms with Crippen LogP contribution in [0, 0.1) is 0 Å². The number of rotatable bonds is 7. The highest BCUT2D eigenvalue weighted by Gasteiger charge is 2.09. The lowest BCUT2D eigenvalue weighted by molar-refractivity contribution is 0.126. The normalized spacial score (nSPS) is 12.5. The molecule has 0 fully saturated rings. The zero-order valence-corrected chi connectivity index (χ0v) is 12.4. The van der Waals surface area contributed by atoms with Gasteiger partial charge in [0, 0.05) is 6.54 Å².